The number of amides is 1. The average Bonchev–Trinajstić information content (AvgIpc) is 3.13. The van der Waals surface area contributed by atoms with Gasteiger partial charge in [0, 0.05) is 20.8 Å². The van der Waals surface area contributed by atoms with E-state index in [1.807, 2.05) is 49.4 Å². The van der Waals surface area contributed by atoms with Crippen molar-refractivity contribution in [1.82, 2.24) is 9.78 Å². The van der Waals surface area contributed by atoms with Crippen molar-refractivity contribution in [3.05, 3.63) is 75.4 Å². The Labute approximate surface area is 162 Å². The van der Waals surface area contributed by atoms with Gasteiger partial charge in [-0.15, -0.1) is 0 Å². The summed E-state index contributed by atoms with van der Waals surface area (Å²) >= 11 is 3.41. The van der Waals surface area contributed by atoms with Gasteiger partial charge in [0.25, 0.3) is 5.91 Å². The highest BCUT2D eigenvalue weighted by atomic mass is 79.9. The Bertz CT molecular complexity index is 1030. The van der Waals surface area contributed by atoms with Gasteiger partial charge in [-0.1, -0.05) is 29.8 Å². The fourth-order valence-corrected chi connectivity index (χ4v) is 4.68. The highest BCUT2D eigenvalue weighted by Crippen LogP contribution is 2.32. The Hall–Kier alpha value is -2.25. The molecule has 0 aliphatic carbocycles. The summed E-state index contributed by atoms with van der Waals surface area (Å²) in [4.78, 5) is 12.8. The number of carbonyl (C=O) groups excluding carboxylic acids is 1. The van der Waals surface area contributed by atoms with Gasteiger partial charge in [0.1, 0.15) is 5.82 Å². The summed E-state index contributed by atoms with van der Waals surface area (Å²) < 4.78 is 14.4. The van der Waals surface area contributed by atoms with Gasteiger partial charge in [-0.25, -0.2) is 4.68 Å². The van der Waals surface area contributed by atoms with E-state index in [0.29, 0.717) is 22.9 Å². The maximum atomic E-state index is 12.8. The lowest BCUT2D eigenvalue weighted by molar-refractivity contribution is 0.102. The molecule has 2 heterocycles. The highest BCUT2D eigenvalue weighted by Gasteiger charge is 2.28. The zero-order chi connectivity index (χ0) is 18.3. The predicted molar refractivity (Wildman–Crippen MR) is 106 cm³/mol. The smallest absolute Gasteiger partial charge is 0.257 e. The monoisotopic (exact) mass is 429 g/mol. The minimum atomic E-state index is -0.967. The standard InChI is InChI=1S/C19H16BrN3O2S/c1-12-6-8-13(9-7-12)23-18(15-10-26(25)11-17(15)22-23)21-19(24)14-4-2-3-5-16(14)20/h2-9H,10-11H2,1H3,(H,21,24)/t26-/m0/s1. The molecule has 1 amide bonds. The van der Waals surface area contributed by atoms with Crippen molar-refractivity contribution in [2.75, 3.05) is 5.32 Å². The zero-order valence-electron chi connectivity index (χ0n) is 14.0. The normalized spacial score (nSPS) is 15.7. The number of rotatable bonds is 3. The second kappa shape index (κ2) is 6.81. The molecule has 5 nitrogen and oxygen atoms in total. The first-order valence-electron chi connectivity index (χ1n) is 8.11. The van der Waals surface area contributed by atoms with Crippen LogP contribution in [0.1, 0.15) is 27.2 Å². The molecule has 1 aromatic heterocycles. The second-order valence-corrected chi connectivity index (χ2v) is 8.50. The molecule has 0 saturated heterocycles. The lowest BCUT2D eigenvalue weighted by Gasteiger charge is -2.12. The van der Waals surface area contributed by atoms with E-state index in [9.17, 15) is 9.00 Å². The predicted octanol–water partition coefficient (Wildman–Crippen LogP) is 3.96. The van der Waals surface area contributed by atoms with Gasteiger partial charge in [-0.05, 0) is 47.1 Å². The van der Waals surface area contributed by atoms with E-state index in [0.717, 1.165) is 27.0 Å². The van der Waals surface area contributed by atoms with Crippen LogP contribution >= 0.6 is 15.9 Å². The summed E-state index contributed by atoms with van der Waals surface area (Å²) in [6.07, 6.45) is 0. The molecule has 7 heteroatoms. The van der Waals surface area contributed by atoms with Gasteiger partial charge < -0.3 is 5.32 Å². The van der Waals surface area contributed by atoms with Crippen molar-refractivity contribution in [2.45, 2.75) is 18.4 Å². The quantitative estimate of drug-likeness (QED) is 0.684. The Balaban J connectivity index is 1.77. The van der Waals surface area contributed by atoms with Gasteiger partial charge in [0.15, 0.2) is 0 Å². The third-order valence-electron chi connectivity index (χ3n) is 4.30. The van der Waals surface area contributed by atoms with Crippen molar-refractivity contribution >= 4 is 38.5 Å². The lowest BCUT2D eigenvalue weighted by atomic mass is 10.2. The van der Waals surface area contributed by atoms with Crippen LogP contribution in [0.5, 0.6) is 0 Å². The summed E-state index contributed by atoms with van der Waals surface area (Å²) in [6, 6.07) is 15.2. The van der Waals surface area contributed by atoms with Crippen molar-refractivity contribution in [1.29, 1.82) is 0 Å². The van der Waals surface area contributed by atoms with Crippen LogP contribution in [-0.4, -0.2) is 19.9 Å². The lowest BCUT2D eigenvalue weighted by Crippen LogP contribution is -2.17. The SMILES string of the molecule is Cc1ccc(-n2nc3c(c2NC(=O)c2ccccc2Br)C[S@](=O)C3)cc1. The summed E-state index contributed by atoms with van der Waals surface area (Å²) in [5.74, 6) is 1.19. The van der Waals surface area contributed by atoms with E-state index in [1.54, 1.807) is 10.7 Å². The van der Waals surface area contributed by atoms with Crippen molar-refractivity contribution in [3.8, 4) is 5.69 Å². The summed E-state index contributed by atoms with van der Waals surface area (Å²) in [5, 5.41) is 7.59. The molecule has 2 aromatic carbocycles. The van der Waals surface area contributed by atoms with Crippen LogP contribution in [0.3, 0.4) is 0 Å². The van der Waals surface area contributed by atoms with Gasteiger partial charge in [0.2, 0.25) is 0 Å². The van der Waals surface area contributed by atoms with Crippen molar-refractivity contribution in [3.63, 3.8) is 0 Å². The van der Waals surface area contributed by atoms with Gasteiger partial charge in [-0.2, -0.15) is 5.10 Å². The molecule has 0 unspecified atom stereocenters. The van der Waals surface area contributed by atoms with Gasteiger partial charge in [-0.3, -0.25) is 9.00 Å². The van der Waals surface area contributed by atoms with E-state index in [-0.39, 0.29) is 5.91 Å². The van der Waals surface area contributed by atoms with Crippen LogP contribution in [-0.2, 0) is 22.3 Å². The fraction of sp³-hybridized carbons (Fsp3) is 0.158. The number of anilines is 1. The minimum absolute atomic E-state index is 0.230. The molecule has 26 heavy (non-hydrogen) atoms. The Morgan fingerprint density at radius 1 is 1.15 bits per heavy atom. The van der Waals surface area contributed by atoms with Crippen LogP contribution in [0.25, 0.3) is 5.69 Å². The molecular formula is C19H16BrN3O2S. The third kappa shape index (κ3) is 3.12. The van der Waals surface area contributed by atoms with Crippen LogP contribution in [0.15, 0.2) is 53.0 Å². The van der Waals surface area contributed by atoms with E-state index in [2.05, 4.69) is 26.3 Å². The topological polar surface area (TPSA) is 64.0 Å². The molecule has 3 aromatic rings. The Morgan fingerprint density at radius 2 is 1.88 bits per heavy atom. The van der Waals surface area contributed by atoms with Gasteiger partial charge >= 0.3 is 0 Å². The van der Waals surface area contributed by atoms with Crippen molar-refractivity contribution < 1.29 is 9.00 Å². The Morgan fingerprint density at radius 3 is 2.62 bits per heavy atom. The first kappa shape index (κ1) is 17.2. The number of carbonyl (C=O) groups is 1. The molecule has 1 aliphatic heterocycles. The summed E-state index contributed by atoms with van der Waals surface area (Å²) in [7, 11) is -0.967. The van der Waals surface area contributed by atoms with E-state index in [1.165, 1.54) is 0 Å². The number of hydrogen-bond donors (Lipinski definition) is 1. The van der Waals surface area contributed by atoms with Crippen LogP contribution in [0.4, 0.5) is 5.82 Å². The van der Waals surface area contributed by atoms with E-state index < -0.39 is 10.8 Å². The number of fused-ring (bicyclic) bond motifs is 1. The summed E-state index contributed by atoms with van der Waals surface area (Å²) in [5.41, 5.74) is 4.18. The molecule has 0 radical (unpaired) electrons. The first-order valence-corrected chi connectivity index (χ1v) is 10.4. The third-order valence-corrected chi connectivity index (χ3v) is 6.20. The minimum Gasteiger partial charge on any atom is -0.306 e. The average molecular weight is 430 g/mol. The molecule has 0 spiro atoms. The molecule has 1 N–H and O–H groups in total. The Kier molecular flexibility index (Phi) is 4.50. The molecule has 1 atom stereocenters. The molecule has 1 aliphatic rings. The van der Waals surface area contributed by atoms with E-state index in [4.69, 9.17) is 0 Å². The van der Waals surface area contributed by atoms with Gasteiger partial charge in [0.05, 0.1) is 28.5 Å². The molecule has 132 valence electrons. The second-order valence-electron chi connectivity index (χ2n) is 6.18. The molecular weight excluding hydrogens is 414 g/mol. The maximum absolute atomic E-state index is 12.8. The first-order chi connectivity index (χ1) is 12.5. The molecule has 0 fully saturated rings. The number of nitrogens with one attached hydrogen (secondary N) is 1. The highest BCUT2D eigenvalue weighted by molar-refractivity contribution is 9.10. The maximum Gasteiger partial charge on any atom is 0.257 e. The summed E-state index contributed by atoms with van der Waals surface area (Å²) in [6.45, 7) is 2.02. The van der Waals surface area contributed by atoms with Crippen LogP contribution < -0.4 is 5.32 Å². The number of aryl methyl sites for hydroxylation is 1. The molecule has 0 saturated carbocycles. The van der Waals surface area contributed by atoms with E-state index >= 15 is 0 Å². The largest absolute Gasteiger partial charge is 0.306 e. The zero-order valence-corrected chi connectivity index (χ0v) is 16.4. The molecule has 0 bridgehead atoms. The number of benzene rings is 2. The number of halogens is 1. The number of hydrogen-bond acceptors (Lipinski definition) is 3. The van der Waals surface area contributed by atoms with Crippen LogP contribution in [0.2, 0.25) is 0 Å². The van der Waals surface area contributed by atoms with Crippen molar-refractivity contribution in [2.24, 2.45) is 0 Å². The van der Waals surface area contributed by atoms with Crippen LogP contribution in [0, 0.1) is 6.92 Å². The number of aromatic nitrogens is 2. The number of nitrogens with zero attached hydrogens (tertiary/aromatic N) is 2. The fourth-order valence-electron chi connectivity index (χ4n) is 2.95. The molecule has 4 rings (SSSR count).